The van der Waals surface area contributed by atoms with E-state index in [0.717, 1.165) is 21.9 Å². The predicted octanol–water partition coefficient (Wildman–Crippen LogP) is 3.88. The molecule has 8 heteroatoms. The van der Waals surface area contributed by atoms with Crippen LogP contribution in [-0.2, 0) is 9.59 Å². The Labute approximate surface area is 178 Å². The maximum Gasteiger partial charge on any atom is 0.246 e. The summed E-state index contributed by atoms with van der Waals surface area (Å²) in [6, 6.07) is 14.8. The number of nitrogens with zero attached hydrogens (tertiary/aromatic N) is 2. The lowest BCUT2D eigenvalue weighted by Gasteiger charge is -2.20. The Morgan fingerprint density at radius 3 is 2.77 bits per heavy atom. The number of carbonyl (C=O) groups excluding carboxylic acids is 2. The molecule has 0 aliphatic carbocycles. The molecule has 0 unspecified atom stereocenters. The fourth-order valence-electron chi connectivity index (χ4n) is 3.26. The van der Waals surface area contributed by atoms with Gasteiger partial charge in [-0.05, 0) is 43.3 Å². The second-order valence-corrected chi connectivity index (χ2v) is 7.95. The molecule has 30 heavy (non-hydrogen) atoms. The number of rotatable bonds is 5. The van der Waals surface area contributed by atoms with Gasteiger partial charge in [0.25, 0.3) is 0 Å². The normalized spacial score (nSPS) is 13.3. The molecule has 3 aromatic rings. The first-order valence-corrected chi connectivity index (χ1v) is 10.3. The quantitative estimate of drug-likeness (QED) is 0.674. The number of methoxy groups -OCH3 is 1. The number of anilines is 2. The van der Waals surface area contributed by atoms with Crippen LogP contribution >= 0.6 is 11.3 Å². The molecule has 0 saturated carbocycles. The van der Waals surface area contributed by atoms with Crippen molar-refractivity contribution in [2.24, 2.45) is 0 Å². The first kappa shape index (κ1) is 19.9. The summed E-state index contributed by atoms with van der Waals surface area (Å²) in [5.74, 6) is 0.911. The smallest absolute Gasteiger partial charge is 0.246 e. The Morgan fingerprint density at radius 2 is 2.00 bits per heavy atom. The number of aryl methyl sites for hydroxylation is 1. The van der Waals surface area contributed by atoms with E-state index in [1.165, 1.54) is 16.2 Å². The van der Waals surface area contributed by atoms with E-state index < -0.39 is 0 Å². The summed E-state index contributed by atoms with van der Waals surface area (Å²) in [5.41, 5.74) is 2.35. The fourth-order valence-corrected chi connectivity index (χ4v) is 4.11. The Balaban J connectivity index is 1.50. The highest BCUT2D eigenvalue weighted by Gasteiger charge is 2.25. The molecule has 0 spiro atoms. The number of amides is 2. The van der Waals surface area contributed by atoms with E-state index in [1.807, 2.05) is 43.3 Å². The highest BCUT2D eigenvalue weighted by atomic mass is 32.1. The van der Waals surface area contributed by atoms with Crippen molar-refractivity contribution in [1.82, 2.24) is 4.98 Å². The highest BCUT2D eigenvalue weighted by molar-refractivity contribution is 7.16. The third-order valence-corrected chi connectivity index (χ3v) is 5.62. The summed E-state index contributed by atoms with van der Waals surface area (Å²) in [6.45, 7) is 2.15. The highest BCUT2D eigenvalue weighted by Crippen LogP contribution is 2.33. The maximum absolute atomic E-state index is 12.7. The number of para-hydroxylation sites is 2. The topological polar surface area (TPSA) is 80.8 Å². The van der Waals surface area contributed by atoms with Crippen molar-refractivity contribution in [1.29, 1.82) is 0 Å². The number of benzene rings is 2. The third kappa shape index (κ3) is 4.13. The van der Waals surface area contributed by atoms with Crippen LogP contribution in [0.25, 0.3) is 11.3 Å². The molecule has 2 aromatic carbocycles. The molecule has 4 rings (SSSR count). The SMILES string of the molecule is COc1ccc(-c2nc(NC(=O)CN3C(=O)CCOc4ccccc43)sc2C)cc1. The molecule has 1 aromatic heterocycles. The number of thiazole rings is 1. The lowest BCUT2D eigenvalue weighted by Crippen LogP contribution is -2.37. The molecule has 0 fully saturated rings. The summed E-state index contributed by atoms with van der Waals surface area (Å²) in [6.07, 6.45) is 0.222. The summed E-state index contributed by atoms with van der Waals surface area (Å²) in [4.78, 5) is 32.2. The minimum absolute atomic E-state index is 0.101. The van der Waals surface area contributed by atoms with Crippen molar-refractivity contribution in [3.8, 4) is 22.8 Å². The van der Waals surface area contributed by atoms with Crippen LogP contribution in [0.2, 0.25) is 0 Å². The number of aromatic nitrogens is 1. The van der Waals surface area contributed by atoms with Crippen LogP contribution in [0.4, 0.5) is 10.8 Å². The van der Waals surface area contributed by atoms with Gasteiger partial charge in [0.2, 0.25) is 11.8 Å². The average Bonchev–Trinajstić information content (AvgIpc) is 3.04. The third-order valence-electron chi connectivity index (χ3n) is 4.74. The molecule has 1 aliphatic heterocycles. The minimum Gasteiger partial charge on any atom is -0.497 e. The van der Waals surface area contributed by atoms with Crippen LogP contribution in [0, 0.1) is 6.92 Å². The molecule has 2 amide bonds. The van der Waals surface area contributed by atoms with Crippen molar-refractivity contribution < 1.29 is 19.1 Å². The van der Waals surface area contributed by atoms with Gasteiger partial charge in [-0.25, -0.2) is 4.98 Å². The number of carbonyl (C=O) groups is 2. The standard InChI is InChI=1S/C22H21N3O4S/c1-14-21(15-7-9-16(28-2)10-8-15)24-22(30-14)23-19(26)13-25-17-5-3-4-6-18(17)29-12-11-20(25)27/h3-10H,11-13H2,1-2H3,(H,23,24,26). The molecule has 0 saturated heterocycles. The number of nitrogens with one attached hydrogen (secondary N) is 1. The molecule has 0 radical (unpaired) electrons. The van der Waals surface area contributed by atoms with Gasteiger partial charge in [-0.2, -0.15) is 0 Å². The molecule has 0 bridgehead atoms. The van der Waals surface area contributed by atoms with Crippen molar-refractivity contribution in [3.63, 3.8) is 0 Å². The van der Waals surface area contributed by atoms with Crippen LogP contribution in [0.15, 0.2) is 48.5 Å². The van der Waals surface area contributed by atoms with E-state index in [-0.39, 0.29) is 24.8 Å². The molecule has 1 N–H and O–H groups in total. The van der Waals surface area contributed by atoms with Gasteiger partial charge in [0.15, 0.2) is 5.13 Å². The van der Waals surface area contributed by atoms with Crippen molar-refractivity contribution in [3.05, 3.63) is 53.4 Å². The first-order chi connectivity index (χ1) is 14.5. The molecule has 0 atom stereocenters. The predicted molar refractivity (Wildman–Crippen MR) is 116 cm³/mol. The van der Waals surface area contributed by atoms with Crippen LogP contribution in [-0.4, -0.2) is 37.1 Å². The van der Waals surface area contributed by atoms with Gasteiger partial charge >= 0.3 is 0 Å². The zero-order valence-corrected chi connectivity index (χ0v) is 17.5. The van der Waals surface area contributed by atoms with E-state index >= 15 is 0 Å². The molecular formula is C22H21N3O4S. The van der Waals surface area contributed by atoms with E-state index in [2.05, 4.69) is 10.3 Å². The van der Waals surface area contributed by atoms with E-state index in [4.69, 9.17) is 9.47 Å². The summed E-state index contributed by atoms with van der Waals surface area (Å²) in [7, 11) is 1.62. The van der Waals surface area contributed by atoms with Gasteiger partial charge in [-0.1, -0.05) is 12.1 Å². The van der Waals surface area contributed by atoms with Gasteiger partial charge in [0.1, 0.15) is 18.0 Å². The molecular weight excluding hydrogens is 402 g/mol. The Bertz CT molecular complexity index is 1080. The van der Waals surface area contributed by atoms with E-state index in [9.17, 15) is 9.59 Å². The van der Waals surface area contributed by atoms with Crippen molar-refractivity contribution >= 4 is 34.0 Å². The largest absolute Gasteiger partial charge is 0.497 e. The fraction of sp³-hybridized carbons (Fsp3) is 0.227. The van der Waals surface area contributed by atoms with E-state index in [1.54, 1.807) is 19.2 Å². The first-order valence-electron chi connectivity index (χ1n) is 9.49. The van der Waals surface area contributed by atoms with Crippen LogP contribution in [0.5, 0.6) is 11.5 Å². The van der Waals surface area contributed by atoms with Gasteiger partial charge in [0.05, 0.1) is 31.5 Å². The van der Waals surface area contributed by atoms with Gasteiger partial charge in [-0.3, -0.25) is 14.5 Å². The molecule has 2 heterocycles. The minimum atomic E-state index is -0.310. The number of hydrogen-bond donors (Lipinski definition) is 1. The summed E-state index contributed by atoms with van der Waals surface area (Å²) >= 11 is 1.40. The lowest BCUT2D eigenvalue weighted by molar-refractivity contribution is -0.121. The van der Waals surface area contributed by atoms with Gasteiger partial charge < -0.3 is 14.8 Å². The van der Waals surface area contributed by atoms with Crippen LogP contribution < -0.4 is 19.7 Å². The van der Waals surface area contributed by atoms with Crippen LogP contribution in [0.1, 0.15) is 11.3 Å². The Morgan fingerprint density at radius 1 is 1.23 bits per heavy atom. The van der Waals surface area contributed by atoms with E-state index in [0.29, 0.717) is 23.2 Å². The van der Waals surface area contributed by atoms with Crippen molar-refractivity contribution in [2.45, 2.75) is 13.3 Å². The lowest BCUT2D eigenvalue weighted by atomic mass is 10.1. The molecule has 7 nitrogen and oxygen atoms in total. The average molecular weight is 423 g/mol. The zero-order chi connectivity index (χ0) is 21.1. The van der Waals surface area contributed by atoms with Crippen LogP contribution in [0.3, 0.4) is 0 Å². The monoisotopic (exact) mass is 423 g/mol. The van der Waals surface area contributed by atoms with Gasteiger partial charge in [0, 0.05) is 10.4 Å². The molecule has 1 aliphatic rings. The second kappa shape index (κ2) is 8.54. The summed E-state index contributed by atoms with van der Waals surface area (Å²) < 4.78 is 10.8. The number of fused-ring (bicyclic) bond motifs is 1. The Hall–Kier alpha value is -3.39. The van der Waals surface area contributed by atoms with Crippen molar-refractivity contribution in [2.75, 3.05) is 30.5 Å². The summed E-state index contributed by atoms with van der Waals surface area (Å²) in [5, 5.41) is 3.32. The number of ether oxygens (including phenoxy) is 2. The van der Waals surface area contributed by atoms with Gasteiger partial charge in [-0.15, -0.1) is 11.3 Å². The molecule has 154 valence electrons. The zero-order valence-electron chi connectivity index (χ0n) is 16.7. The Kier molecular flexibility index (Phi) is 5.67. The second-order valence-electron chi connectivity index (χ2n) is 6.75. The number of hydrogen-bond acceptors (Lipinski definition) is 6. The maximum atomic E-state index is 12.7.